The van der Waals surface area contributed by atoms with Crippen molar-refractivity contribution in [1.29, 1.82) is 0 Å². The average Bonchev–Trinajstić information content (AvgIpc) is 2.68. The maximum Gasteiger partial charge on any atom is 0.421 e. The molecular weight excluding hydrogens is 395 g/mol. The number of aliphatic carboxylic acids is 1. The quantitative estimate of drug-likeness (QED) is 0.371. The van der Waals surface area contributed by atoms with Gasteiger partial charge in [-0.1, -0.05) is 29.4 Å². The summed E-state index contributed by atoms with van der Waals surface area (Å²) in [5.74, 6) is -1.92. The van der Waals surface area contributed by atoms with Crippen LogP contribution in [-0.2, 0) is 27.2 Å². The first-order valence-corrected chi connectivity index (χ1v) is 7.98. The molecular formula is C18H16F3N3O5. The Hall–Kier alpha value is -3.76. The number of nitrogens with one attached hydrogen (secondary N) is 1. The standard InChI is InChI=1S/C18H16F3N3O5/c1-27-24-15(17(25)26)13-6-3-2-5-12(13)11-28-10-9-23-29-16-14(18(19,20)21)7-4-8-22-16/h2-10,23H,11H2,1H3,(H,25,26). The summed E-state index contributed by atoms with van der Waals surface area (Å²) in [6.45, 7) is -0.0399. The minimum Gasteiger partial charge on any atom is -0.495 e. The topological polar surface area (TPSA) is 102 Å². The molecule has 8 nitrogen and oxygen atoms in total. The molecule has 0 aliphatic rings. The predicted octanol–water partition coefficient (Wildman–Crippen LogP) is 3.11. The van der Waals surface area contributed by atoms with Gasteiger partial charge in [0, 0.05) is 11.8 Å². The minimum absolute atomic E-state index is 0.0399. The third kappa shape index (κ3) is 6.13. The smallest absolute Gasteiger partial charge is 0.421 e. The monoisotopic (exact) mass is 411 g/mol. The summed E-state index contributed by atoms with van der Waals surface area (Å²) in [5.41, 5.74) is 1.63. The van der Waals surface area contributed by atoms with Crippen LogP contribution in [0.5, 0.6) is 5.88 Å². The van der Waals surface area contributed by atoms with E-state index in [-0.39, 0.29) is 12.3 Å². The van der Waals surface area contributed by atoms with Crippen LogP contribution < -0.4 is 10.3 Å². The highest BCUT2D eigenvalue weighted by Gasteiger charge is 2.35. The molecule has 29 heavy (non-hydrogen) atoms. The Bertz CT molecular complexity index is 900. The molecule has 154 valence electrons. The summed E-state index contributed by atoms with van der Waals surface area (Å²) < 4.78 is 43.7. The molecule has 0 aliphatic heterocycles. The van der Waals surface area contributed by atoms with Crippen molar-refractivity contribution < 1.29 is 37.5 Å². The largest absolute Gasteiger partial charge is 0.495 e. The lowest BCUT2D eigenvalue weighted by Crippen LogP contribution is -2.17. The molecule has 0 bridgehead atoms. The second kappa shape index (κ2) is 9.97. The summed E-state index contributed by atoms with van der Waals surface area (Å²) in [6, 6.07) is 8.45. The Morgan fingerprint density at radius 1 is 1.28 bits per heavy atom. The van der Waals surface area contributed by atoms with Gasteiger partial charge >= 0.3 is 12.1 Å². The predicted molar refractivity (Wildman–Crippen MR) is 94.6 cm³/mol. The van der Waals surface area contributed by atoms with Crippen molar-refractivity contribution in [2.24, 2.45) is 5.16 Å². The number of carboxylic acid groups (broad SMARTS) is 1. The Morgan fingerprint density at radius 2 is 2.03 bits per heavy atom. The lowest BCUT2D eigenvalue weighted by atomic mass is 10.0. The van der Waals surface area contributed by atoms with Gasteiger partial charge in [-0.3, -0.25) is 0 Å². The van der Waals surface area contributed by atoms with E-state index in [1.807, 2.05) is 0 Å². The number of oxime groups is 1. The van der Waals surface area contributed by atoms with Crippen LogP contribution in [0.2, 0.25) is 0 Å². The molecule has 0 spiro atoms. The molecule has 0 radical (unpaired) electrons. The number of ether oxygens (including phenoxy) is 1. The lowest BCUT2D eigenvalue weighted by molar-refractivity contribution is -0.139. The van der Waals surface area contributed by atoms with Crippen molar-refractivity contribution in [1.82, 2.24) is 10.5 Å². The first kappa shape index (κ1) is 21.5. The van der Waals surface area contributed by atoms with E-state index in [0.29, 0.717) is 11.1 Å². The van der Waals surface area contributed by atoms with Gasteiger partial charge in [0.05, 0.1) is 6.20 Å². The Balaban J connectivity index is 1.96. The molecule has 0 saturated carbocycles. The Kier molecular flexibility index (Phi) is 7.40. The number of nitrogens with zero attached hydrogens (tertiary/aromatic N) is 2. The first-order valence-electron chi connectivity index (χ1n) is 7.98. The Labute approximate surface area is 163 Å². The highest BCUT2D eigenvalue weighted by atomic mass is 19.4. The van der Waals surface area contributed by atoms with Gasteiger partial charge < -0.3 is 19.5 Å². The van der Waals surface area contributed by atoms with E-state index in [1.54, 1.807) is 18.2 Å². The van der Waals surface area contributed by atoms with Gasteiger partial charge in [-0.2, -0.15) is 13.2 Å². The SMILES string of the molecule is CON=C(C(=O)O)c1ccccc1COC=CNOc1ncccc1C(F)(F)F. The molecule has 0 saturated heterocycles. The summed E-state index contributed by atoms with van der Waals surface area (Å²) in [4.78, 5) is 24.2. The summed E-state index contributed by atoms with van der Waals surface area (Å²) in [5, 5.41) is 12.7. The fourth-order valence-electron chi connectivity index (χ4n) is 2.16. The van der Waals surface area contributed by atoms with Crippen LogP contribution in [0.15, 0.2) is 60.2 Å². The van der Waals surface area contributed by atoms with Crippen LogP contribution in [0, 0.1) is 0 Å². The second-order valence-electron chi connectivity index (χ2n) is 5.27. The maximum absolute atomic E-state index is 12.8. The number of pyridine rings is 1. The fraction of sp³-hybridized carbons (Fsp3) is 0.167. The van der Waals surface area contributed by atoms with E-state index < -0.39 is 23.6 Å². The number of hydroxylamine groups is 1. The van der Waals surface area contributed by atoms with Gasteiger partial charge in [-0.15, -0.1) is 0 Å². The van der Waals surface area contributed by atoms with Gasteiger partial charge in [0.15, 0.2) is 5.71 Å². The molecule has 0 atom stereocenters. The Morgan fingerprint density at radius 3 is 2.72 bits per heavy atom. The van der Waals surface area contributed by atoms with Gasteiger partial charge in [-0.05, 0) is 17.7 Å². The number of hydrogen-bond acceptors (Lipinski definition) is 7. The van der Waals surface area contributed by atoms with E-state index >= 15 is 0 Å². The summed E-state index contributed by atoms with van der Waals surface area (Å²) >= 11 is 0. The van der Waals surface area contributed by atoms with Crippen LogP contribution in [0.1, 0.15) is 16.7 Å². The van der Waals surface area contributed by atoms with E-state index in [9.17, 15) is 23.1 Å². The number of benzene rings is 1. The minimum atomic E-state index is -4.61. The van der Waals surface area contributed by atoms with Crippen LogP contribution in [0.4, 0.5) is 13.2 Å². The molecule has 1 heterocycles. The molecule has 11 heteroatoms. The number of rotatable bonds is 9. The third-order valence-electron chi connectivity index (χ3n) is 3.36. The van der Waals surface area contributed by atoms with Crippen LogP contribution in [-0.4, -0.2) is 28.9 Å². The number of halogens is 3. The van der Waals surface area contributed by atoms with Crippen molar-refractivity contribution in [3.63, 3.8) is 0 Å². The number of carbonyl (C=O) groups is 1. The first-order chi connectivity index (χ1) is 13.8. The van der Waals surface area contributed by atoms with Crippen LogP contribution in [0.3, 0.4) is 0 Å². The number of aromatic nitrogens is 1. The van der Waals surface area contributed by atoms with Gasteiger partial charge in [-0.25, -0.2) is 15.3 Å². The maximum atomic E-state index is 12.8. The molecule has 1 aromatic carbocycles. The summed E-state index contributed by atoms with van der Waals surface area (Å²) in [6.07, 6.45) is -1.22. The zero-order chi connectivity index (χ0) is 21.3. The second-order valence-corrected chi connectivity index (χ2v) is 5.27. The van der Waals surface area contributed by atoms with Crippen molar-refractivity contribution in [3.05, 3.63) is 71.7 Å². The molecule has 2 aromatic rings. The van der Waals surface area contributed by atoms with Crippen molar-refractivity contribution in [3.8, 4) is 5.88 Å². The van der Waals surface area contributed by atoms with E-state index in [4.69, 9.17) is 9.57 Å². The van der Waals surface area contributed by atoms with Crippen molar-refractivity contribution >= 4 is 11.7 Å². The normalized spacial score (nSPS) is 11.9. The molecule has 0 aliphatic carbocycles. The average molecular weight is 411 g/mol. The molecule has 2 rings (SSSR count). The fourth-order valence-corrected chi connectivity index (χ4v) is 2.16. The van der Waals surface area contributed by atoms with Crippen LogP contribution >= 0.6 is 0 Å². The number of carboxylic acids is 1. The molecule has 1 aromatic heterocycles. The van der Waals surface area contributed by atoms with E-state index in [0.717, 1.165) is 30.8 Å². The van der Waals surface area contributed by atoms with Gasteiger partial charge in [0.25, 0.3) is 5.88 Å². The van der Waals surface area contributed by atoms with Gasteiger partial charge in [0.1, 0.15) is 25.5 Å². The highest BCUT2D eigenvalue weighted by molar-refractivity contribution is 6.42. The van der Waals surface area contributed by atoms with Crippen LogP contribution in [0.25, 0.3) is 0 Å². The molecule has 0 unspecified atom stereocenters. The zero-order valence-electron chi connectivity index (χ0n) is 15.0. The van der Waals surface area contributed by atoms with E-state index in [1.165, 1.54) is 13.2 Å². The molecule has 2 N–H and O–H groups in total. The highest BCUT2D eigenvalue weighted by Crippen LogP contribution is 2.34. The number of alkyl halides is 3. The lowest BCUT2D eigenvalue weighted by Gasteiger charge is -2.11. The van der Waals surface area contributed by atoms with Crippen molar-refractivity contribution in [2.75, 3.05) is 7.11 Å². The third-order valence-corrected chi connectivity index (χ3v) is 3.36. The van der Waals surface area contributed by atoms with E-state index in [2.05, 4.69) is 20.5 Å². The molecule has 0 amide bonds. The number of hydrogen-bond donors (Lipinski definition) is 2. The zero-order valence-corrected chi connectivity index (χ0v) is 15.0. The molecule has 0 fully saturated rings. The van der Waals surface area contributed by atoms with Gasteiger partial charge in [0.2, 0.25) is 0 Å². The summed E-state index contributed by atoms with van der Waals surface area (Å²) in [7, 11) is 1.22. The van der Waals surface area contributed by atoms with Crippen molar-refractivity contribution in [2.45, 2.75) is 12.8 Å².